The molecule has 7 aromatic carbocycles. The summed E-state index contributed by atoms with van der Waals surface area (Å²) in [7, 11) is 0. The Kier molecular flexibility index (Phi) is 8.60. The smallest absolute Gasteiger partial charge is 0.252 e. The van der Waals surface area contributed by atoms with Crippen LogP contribution in [0.2, 0.25) is 0 Å². The highest BCUT2D eigenvalue weighted by Gasteiger charge is 2.47. The monoisotopic (exact) mass is 826 g/mol. The van der Waals surface area contributed by atoms with Crippen LogP contribution in [0.25, 0.3) is 22.3 Å². The Balaban J connectivity index is 1.38. The van der Waals surface area contributed by atoms with E-state index < -0.39 is 6.85 Å². The highest BCUT2D eigenvalue weighted by Crippen LogP contribution is 2.52. The molecule has 0 saturated heterocycles. The van der Waals surface area contributed by atoms with Crippen molar-refractivity contribution < 1.29 is 4.11 Å². The lowest BCUT2D eigenvalue weighted by atomic mass is 9.33. The summed E-state index contributed by atoms with van der Waals surface area (Å²) < 4.78 is 27.4. The van der Waals surface area contributed by atoms with Crippen molar-refractivity contribution in [1.82, 2.24) is 0 Å². The van der Waals surface area contributed by atoms with E-state index in [4.69, 9.17) is 4.11 Å². The molecular weight excluding hydrogens is 759 g/mol. The Hall–Kier alpha value is -5.80. The van der Waals surface area contributed by atoms with Crippen molar-refractivity contribution in [2.24, 2.45) is 0 Å². The zero-order valence-corrected chi connectivity index (χ0v) is 39.2. The fourth-order valence-electron chi connectivity index (χ4n) is 10.8. The molecule has 0 fully saturated rings. The minimum atomic E-state index is -2.38. The van der Waals surface area contributed by atoms with Gasteiger partial charge in [-0.1, -0.05) is 166 Å². The van der Waals surface area contributed by atoms with Crippen molar-refractivity contribution >= 4 is 57.2 Å². The van der Waals surface area contributed by atoms with Crippen LogP contribution < -0.4 is 26.2 Å². The van der Waals surface area contributed by atoms with Crippen LogP contribution >= 0.6 is 0 Å². The van der Waals surface area contributed by atoms with Gasteiger partial charge in [-0.3, -0.25) is 0 Å². The number of fused-ring (bicyclic) bond motifs is 5. The Labute approximate surface area is 382 Å². The van der Waals surface area contributed by atoms with E-state index in [1.54, 1.807) is 0 Å². The summed E-state index contributed by atoms with van der Waals surface area (Å²) in [4.78, 5) is 4.85. The molecule has 10 rings (SSSR count). The molecule has 316 valence electrons. The second-order valence-electron chi connectivity index (χ2n) is 22.0. The average Bonchev–Trinajstić information content (AvgIpc) is 3.27. The van der Waals surface area contributed by atoms with Gasteiger partial charge in [0, 0.05) is 38.1 Å². The van der Waals surface area contributed by atoms with Crippen molar-refractivity contribution in [3.05, 3.63) is 173 Å². The lowest BCUT2D eigenvalue weighted by Gasteiger charge is -2.48. The SMILES string of the molecule is [2H]C([2H])([2H])c1cc2c3c(c1)N(c1ccc(C(C)(C)C)cc1-c1ccccc1)c1cc4c(cc1B3c1cc(C(C)(C)C)ccc1N2c1cc(-c2ccccc2)ccc1C)C(C)(C)CCC4(C)C. The lowest BCUT2D eigenvalue weighted by molar-refractivity contribution is 0.332. The molecule has 0 spiro atoms. The van der Waals surface area contributed by atoms with Gasteiger partial charge in [0.15, 0.2) is 0 Å². The molecular formula is C60H63BN2. The lowest BCUT2D eigenvalue weighted by Crippen LogP contribution is -2.62. The van der Waals surface area contributed by atoms with Crippen LogP contribution in [-0.4, -0.2) is 6.71 Å². The second-order valence-corrected chi connectivity index (χ2v) is 22.0. The fraction of sp³-hybridized carbons (Fsp3) is 0.300. The summed E-state index contributed by atoms with van der Waals surface area (Å²) in [6.07, 6.45) is 2.19. The molecule has 0 bridgehead atoms. The average molecular weight is 826 g/mol. The molecule has 7 aromatic rings. The van der Waals surface area contributed by atoms with E-state index in [0.717, 1.165) is 80.2 Å². The molecule has 0 atom stereocenters. The number of rotatable bonds is 4. The van der Waals surface area contributed by atoms with Crippen molar-refractivity contribution in [1.29, 1.82) is 0 Å². The van der Waals surface area contributed by atoms with E-state index in [0.29, 0.717) is 5.56 Å². The van der Waals surface area contributed by atoms with Crippen LogP contribution in [0.15, 0.2) is 140 Å². The van der Waals surface area contributed by atoms with Crippen molar-refractivity contribution in [2.75, 3.05) is 9.80 Å². The topological polar surface area (TPSA) is 6.48 Å². The summed E-state index contributed by atoms with van der Waals surface area (Å²) >= 11 is 0. The number of hydrogen-bond donors (Lipinski definition) is 0. The van der Waals surface area contributed by atoms with Gasteiger partial charge in [-0.2, -0.15) is 0 Å². The Morgan fingerprint density at radius 3 is 1.63 bits per heavy atom. The predicted octanol–water partition coefficient (Wildman–Crippen LogP) is 14.7. The van der Waals surface area contributed by atoms with Gasteiger partial charge < -0.3 is 9.80 Å². The molecule has 2 aliphatic heterocycles. The molecule has 0 amide bonds. The van der Waals surface area contributed by atoms with Crippen molar-refractivity contribution in [2.45, 2.75) is 118 Å². The highest BCUT2D eigenvalue weighted by molar-refractivity contribution is 7.00. The fourth-order valence-corrected chi connectivity index (χ4v) is 10.8. The van der Waals surface area contributed by atoms with Crippen LogP contribution in [0.4, 0.5) is 34.1 Å². The van der Waals surface area contributed by atoms with Gasteiger partial charge in [0.25, 0.3) is 6.71 Å². The maximum absolute atomic E-state index is 9.14. The van der Waals surface area contributed by atoms with Crippen LogP contribution in [-0.2, 0) is 21.7 Å². The number of aryl methyl sites for hydroxylation is 2. The molecule has 0 unspecified atom stereocenters. The van der Waals surface area contributed by atoms with E-state index in [1.165, 1.54) is 33.2 Å². The van der Waals surface area contributed by atoms with Gasteiger partial charge in [0.2, 0.25) is 0 Å². The van der Waals surface area contributed by atoms with Gasteiger partial charge in [0.1, 0.15) is 0 Å². The number of nitrogens with zero attached hydrogens (tertiary/aromatic N) is 2. The first-order chi connectivity index (χ1) is 31.0. The van der Waals surface area contributed by atoms with E-state index in [1.807, 2.05) is 12.1 Å². The predicted molar refractivity (Wildman–Crippen MR) is 273 cm³/mol. The summed E-state index contributed by atoms with van der Waals surface area (Å²) in [6.45, 7) is 23.0. The maximum atomic E-state index is 9.14. The van der Waals surface area contributed by atoms with Crippen LogP contribution in [0.1, 0.15) is 120 Å². The van der Waals surface area contributed by atoms with Crippen LogP contribution in [0.3, 0.4) is 0 Å². The Bertz CT molecular complexity index is 3060. The van der Waals surface area contributed by atoms with Crippen molar-refractivity contribution in [3.63, 3.8) is 0 Å². The minimum Gasteiger partial charge on any atom is -0.311 e. The zero-order valence-electron chi connectivity index (χ0n) is 42.2. The number of benzene rings is 7. The molecule has 63 heavy (non-hydrogen) atoms. The highest BCUT2D eigenvalue weighted by atomic mass is 15.2. The first-order valence-electron chi connectivity index (χ1n) is 24.5. The van der Waals surface area contributed by atoms with Gasteiger partial charge in [0.05, 0.1) is 5.69 Å². The molecule has 2 heterocycles. The molecule has 3 heteroatoms. The molecule has 1 aliphatic carbocycles. The molecule has 2 nitrogen and oxygen atoms in total. The zero-order chi connectivity index (χ0) is 46.9. The molecule has 0 saturated carbocycles. The molecule has 3 aliphatic rings. The van der Waals surface area contributed by atoms with Crippen LogP contribution in [0.5, 0.6) is 0 Å². The summed E-state index contributed by atoms with van der Waals surface area (Å²) in [5, 5.41) is 0. The first kappa shape index (κ1) is 37.7. The number of anilines is 6. The van der Waals surface area contributed by atoms with Gasteiger partial charge in [-0.05, 0) is 157 Å². The first-order valence-corrected chi connectivity index (χ1v) is 23.0. The van der Waals surface area contributed by atoms with E-state index in [9.17, 15) is 0 Å². The standard InChI is InChI=1S/C60H63BN2/c1-38-31-54-56-55(32-38)63(52-33-42(24-23-39(52)2)40-19-15-13-16-20-40)51-28-26-44(58(6,7)8)35-48(51)61(56)49-36-46-47(60(11,12)30-29-59(46,9)10)37-53(49)62(54)50-27-25-43(57(3,4)5)34-45(50)41-21-17-14-18-22-41/h13-28,31-37H,29-30H2,1-12H3/i1D3. The Morgan fingerprint density at radius 1 is 0.492 bits per heavy atom. The van der Waals surface area contributed by atoms with Gasteiger partial charge in [-0.15, -0.1) is 0 Å². The minimum absolute atomic E-state index is 0.0335. The largest absolute Gasteiger partial charge is 0.311 e. The summed E-state index contributed by atoms with van der Waals surface area (Å²) in [5.74, 6) is 0. The molecule has 0 radical (unpaired) electrons. The third-order valence-corrected chi connectivity index (χ3v) is 14.6. The Morgan fingerprint density at radius 2 is 1.03 bits per heavy atom. The van der Waals surface area contributed by atoms with Gasteiger partial charge in [-0.25, -0.2) is 0 Å². The van der Waals surface area contributed by atoms with E-state index in [2.05, 4.69) is 213 Å². The summed E-state index contributed by atoms with van der Waals surface area (Å²) in [5.41, 5.74) is 20.7. The third-order valence-electron chi connectivity index (χ3n) is 14.6. The molecule has 0 N–H and O–H groups in total. The molecule has 0 aromatic heterocycles. The van der Waals surface area contributed by atoms with Gasteiger partial charge >= 0.3 is 0 Å². The third kappa shape index (κ3) is 6.77. The van der Waals surface area contributed by atoms with E-state index in [-0.39, 0.29) is 28.4 Å². The summed E-state index contributed by atoms with van der Waals surface area (Å²) in [6, 6.07) is 51.1. The van der Waals surface area contributed by atoms with E-state index >= 15 is 0 Å². The maximum Gasteiger partial charge on any atom is 0.252 e. The normalized spacial score (nSPS) is 16.9. The quantitative estimate of drug-likeness (QED) is 0.163. The number of hydrogen-bond acceptors (Lipinski definition) is 2. The van der Waals surface area contributed by atoms with Crippen LogP contribution in [0, 0.1) is 13.8 Å². The van der Waals surface area contributed by atoms with Crippen molar-refractivity contribution in [3.8, 4) is 22.3 Å². The second kappa shape index (κ2) is 14.4.